The number of nitrogens with one attached hydrogen (secondary N) is 1. The number of hydrogen-bond acceptors (Lipinski definition) is 6. The minimum absolute atomic E-state index is 0.0305. The summed E-state index contributed by atoms with van der Waals surface area (Å²) in [7, 11) is -2.31. The van der Waals surface area contributed by atoms with Gasteiger partial charge in [-0.1, -0.05) is 24.6 Å². The van der Waals surface area contributed by atoms with Crippen LogP contribution < -0.4 is 10.1 Å². The van der Waals surface area contributed by atoms with E-state index in [2.05, 4.69) is 5.32 Å². The zero-order valence-corrected chi connectivity index (χ0v) is 26.5. The van der Waals surface area contributed by atoms with E-state index in [9.17, 15) is 32.3 Å². The summed E-state index contributed by atoms with van der Waals surface area (Å²) in [6.45, 7) is 6.57. The van der Waals surface area contributed by atoms with E-state index in [4.69, 9.17) is 16.3 Å². The minimum atomic E-state index is -3.63. The van der Waals surface area contributed by atoms with Crippen LogP contribution in [0, 0.1) is 17.2 Å². The molecular weight excluding hydrogens is 599 g/mol. The fourth-order valence-corrected chi connectivity index (χ4v) is 7.15. The van der Waals surface area contributed by atoms with Gasteiger partial charge >= 0.3 is 5.97 Å². The molecule has 2 amide bonds. The van der Waals surface area contributed by atoms with Gasteiger partial charge in [-0.05, 0) is 82.2 Å². The Morgan fingerprint density at radius 3 is 2.42 bits per heavy atom. The first-order chi connectivity index (χ1) is 20.0. The zero-order valence-electron chi connectivity index (χ0n) is 24.9. The molecule has 0 unspecified atom stereocenters. The van der Waals surface area contributed by atoms with E-state index >= 15 is 0 Å². The number of piperidine rings is 1. The van der Waals surface area contributed by atoms with E-state index in [0.29, 0.717) is 24.1 Å². The van der Waals surface area contributed by atoms with Crippen LogP contribution in [0.5, 0.6) is 5.75 Å². The molecule has 2 aromatic rings. The molecule has 1 saturated carbocycles. The average molecular weight is 637 g/mol. The molecule has 12 heteroatoms. The molecule has 1 aliphatic carbocycles. The number of methoxy groups -OCH3 is 1. The molecule has 2 fully saturated rings. The highest BCUT2D eigenvalue weighted by molar-refractivity contribution is 7.92. The SMILES string of the molecule is COc1cc(NC(=O)C[C@@]2(C)CC[C@@H](c3ccc(Cl)c(F)c3)N([C@H](CS(=O)(=O)C(C)(C)C)C3CC3)C2=O)ccc1C(=O)O. The van der Waals surface area contributed by atoms with Crippen LogP contribution in [0.3, 0.4) is 0 Å². The number of carboxylic acid groups (broad SMARTS) is 1. The summed E-state index contributed by atoms with van der Waals surface area (Å²) < 4.78 is 45.5. The molecule has 0 radical (unpaired) electrons. The van der Waals surface area contributed by atoms with E-state index < -0.39 is 49.8 Å². The van der Waals surface area contributed by atoms with Gasteiger partial charge in [-0.2, -0.15) is 0 Å². The quantitative estimate of drug-likeness (QED) is 0.333. The summed E-state index contributed by atoms with van der Waals surface area (Å²) in [4.78, 5) is 40.7. The van der Waals surface area contributed by atoms with E-state index in [1.54, 1.807) is 38.7 Å². The van der Waals surface area contributed by atoms with Crippen molar-refractivity contribution in [2.45, 2.75) is 76.6 Å². The van der Waals surface area contributed by atoms with E-state index in [1.165, 1.54) is 37.4 Å². The van der Waals surface area contributed by atoms with Gasteiger partial charge in [-0.3, -0.25) is 9.59 Å². The topological polar surface area (TPSA) is 130 Å². The molecule has 1 saturated heterocycles. The highest BCUT2D eigenvalue weighted by Gasteiger charge is 2.52. The largest absolute Gasteiger partial charge is 0.496 e. The number of rotatable bonds is 10. The van der Waals surface area contributed by atoms with Crippen molar-refractivity contribution in [2.24, 2.45) is 11.3 Å². The van der Waals surface area contributed by atoms with Gasteiger partial charge in [0.15, 0.2) is 9.84 Å². The lowest BCUT2D eigenvalue weighted by atomic mass is 9.74. The summed E-state index contributed by atoms with van der Waals surface area (Å²) in [5.74, 6) is -2.84. The lowest BCUT2D eigenvalue weighted by Crippen LogP contribution is -2.57. The molecule has 43 heavy (non-hydrogen) atoms. The Morgan fingerprint density at radius 1 is 1.19 bits per heavy atom. The number of amides is 2. The lowest BCUT2D eigenvalue weighted by molar-refractivity contribution is -0.155. The summed E-state index contributed by atoms with van der Waals surface area (Å²) >= 11 is 5.94. The third-order valence-electron chi connectivity index (χ3n) is 8.50. The molecule has 0 bridgehead atoms. The molecule has 4 rings (SSSR count). The number of benzene rings is 2. The second kappa shape index (κ2) is 12.1. The summed E-state index contributed by atoms with van der Waals surface area (Å²) in [5, 5.41) is 12.0. The Bertz CT molecular complexity index is 1540. The molecule has 2 N–H and O–H groups in total. The molecule has 9 nitrogen and oxygen atoms in total. The Balaban J connectivity index is 1.66. The first-order valence-corrected chi connectivity index (χ1v) is 16.2. The number of carboxylic acids is 1. The van der Waals surface area contributed by atoms with Crippen LogP contribution in [0.1, 0.15) is 81.8 Å². The highest BCUT2D eigenvalue weighted by atomic mass is 35.5. The maximum Gasteiger partial charge on any atom is 0.339 e. The zero-order chi connectivity index (χ0) is 31.9. The third kappa shape index (κ3) is 6.98. The standard InChI is InChI=1S/C31H38ClFN2O7S/c1-30(2,3)43(40,41)17-25(18-6-7-18)35-24(19-8-11-22(32)23(33)14-19)12-13-31(4,29(35)39)16-27(36)34-20-9-10-21(28(37)38)26(15-20)42-5/h8-11,14-15,18,24-25H,6-7,12-13,16-17H2,1-5H3,(H,34,36)(H,37,38)/t24-,25+,31+/m0/s1. The Kier molecular flexibility index (Phi) is 9.19. The first-order valence-electron chi connectivity index (χ1n) is 14.2. The highest BCUT2D eigenvalue weighted by Crippen LogP contribution is 2.48. The van der Waals surface area contributed by atoms with Crippen LogP contribution in [-0.2, 0) is 19.4 Å². The number of nitrogens with zero attached hydrogens (tertiary/aromatic N) is 1. The second-order valence-electron chi connectivity index (χ2n) is 12.7. The van der Waals surface area contributed by atoms with Crippen molar-refractivity contribution in [1.82, 2.24) is 4.90 Å². The molecule has 2 aliphatic rings. The van der Waals surface area contributed by atoms with Crippen LogP contribution in [-0.4, -0.2) is 59.9 Å². The second-order valence-corrected chi connectivity index (χ2v) is 15.9. The molecule has 2 aromatic carbocycles. The van der Waals surface area contributed by atoms with Crippen molar-refractivity contribution in [3.8, 4) is 5.75 Å². The number of hydrogen-bond donors (Lipinski definition) is 2. The average Bonchev–Trinajstić information content (AvgIpc) is 3.75. The van der Waals surface area contributed by atoms with Crippen LogP contribution in [0.2, 0.25) is 5.02 Å². The van der Waals surface area contributed by atoms with Gasteiger partial charge in [0.2, 0.25) is 11.8 Å². The molecule has 3 atom stereocenters. The van der Waals surface area contributed by atoms with Crippen LogP contribution in [0.25, 0.3) is 0 Å². The van der Waals surface area contributed by atoms with E-state index in [1.807, 2.05) is 0 Å². The molecule has 1 aliphatic heterocycles. The lowest BCUT2D eigenvalue weighted by Gasteiger charge is -2.48. The predicted molar refractivity (Wildman–Crippen MR) is 162 cm³/mol. The number of aromatic carboxylic acids is 1. The van der Waals surface area contributed by atoms with Gasteiger partial charge in [-0.25, -0.2) is 17.6 Å². The van der Waals surface area contributed by atoms with Gasteiger partial charge in [-0.15, -0.1) is 0 Å². The number of halogens is 2. The van der Waals surface area contributed by atoms with Crippen LogP contribution in [0.4, 0.5) is 10.1 Å². The predicted octanol–water partition coefficient (Wildman–Crippen LogP) is 5.88. The summed E-state index contributed by atoms with van der Waals surface area (Å²) in [6.07, 6.45) is 2.02. The van der Waals surface area contributed by atoms with Gasteiger partial charge in [0.25, 0.3) is 0 Å². The fourth-order valence-electron chi connectivity index (χ4n) is 5.65. The number of ether oxygens (including phenoxy) is 1. The maximum atomic E-state index is 14.6. The smallest absolute Gasteiger partial charge is 0.339 e. The summed E-state index contributed by atoms with van der Waals surface area (Å²) in [5.41, 5.74) is -0.412. The van der Waals surface area contributed by atoms with E-state index in [0.717, 1.165) is 12.8 Å². The Morgan fingerprint density at radius 2 is 1.86 bits per heavy atom. The number of likely N-dealkylation sites (tertiary alicyclic amines) is 1. The van der Waals surface area contributed by atoms with Crippen molar-refractivity contribution >= 4 is 44.9 Å². The van der Waals surface area contributed by atoms with Crippen LogP contribution in [0.15, 0.2) is 36.4 Å². The first kappa shape index (κ1) is 32.7. The van der Waals surface area contributed by atoms with Crippen molar-refractivity contribution in [2.75, 3.05) is 18.2 Å². The maximum absolute atomic E-state index is 14.6. The normalized spacial score (nSPS) is 21.8. The molecule has 1 heterocycles. The van der Waals surface area contributed by atoms with E-state index in [-0.39, 0.29) is 40.3 Å². The number of sulfone groups is 1. The number of carbonyl (C=O) groups is 3. The van der Waals surface area contributed by atoms with Crippen molar-refractivity contribution < 1.29 is 37.0 Å². The number of carbonyl (C=O) groups excluding carboxylic acids is 2. The van der Waals surface area contributed by atoms with Crippen molar-refractivity contribution in [1.29, 1.82) is 0 Å². The Labute approximate surface area is 256 Å². The molecule has 0 spiro atoms. The summed E-state index contributed by atoms with van der Waals surface area (Å²) in [6, 6.07) is 7.29. The Hall–Kier alpha value is -3.18. The fraction of sp³-hybridized carbons (Fsp3) is 0.516. The van der Waals surface area contributed by atoms with Gasteiger partial charge < -0.3 is 20.1 Å². The van der Waals surface area contributed by atoms with Crippen LogP contribution >= 0.6 is 11.6 Å². The monoisotopic (exact) mass is 636 g/mol. The minimum Gasteiger partial charge on any atom is -0.496 e. The van der Waals surface area contributed by atoms with Gasteiger partial charge in [0, 0.05) is 24.2 Å². The van der Waals surface area contributed by atoms with Crippen molar-refractivity contribution in [3.05, 3.63) is 58.4 Å². The van der Waals surface area contributed by atoms with Gasteiger partial charge in [0.05, 0.1) is 34.1 Å². The molecule has 0 aromatic heterocycles. The number of anilines is 1. The van der Waals surface area contributed by atoms with Gasteiger partial charge in [0.1, 0.15) is 17.1 Å². The third-order valence-corrected chi connectivity index (χ3v) is 11.5. The molecule has 234 valence electrons. The molecular formula is C31H38ClFN2O7S. The van der Waals surface area contributed by atoms with Crippen molar-refractivity contribution in [3.63, 3.8) is 0 Å².